The van der Waals surface area contributed by atoms with Crippen molar-refractivity contribution in [2.45, 2.75) is 12.8 Å². The minimum atomic E-state index is 0.366. The van der Waals surface area contributed by atoms with E-state index >= 15 is 0 Å². The molecule has 1 aromatic heterocycles. The summed E-state index contributed by atoms with van der Waals surface area (Å²) in [4.78, 5) is 10.5. The summed E-state index contributed by atoms with van der Waals surface area (Å²) in [6.45, 7) is 3.19. The van der Waals surface area contributed by atoms with E-state index < -0.39 is 0 Å². The third kappa shape index (κ3) is 3.44. The molecular weight excluding hydrogens is 252 g/mol. The summed E-state index contributed by atoms with van der Waals surface area (Å²) >= 11 is 6.03. The molecule has 100 valence electrons. The normalized spacial score (nSPS) is 17.7. The molecule has 0 aliphatic carbocycles. The highest BCUT2D eigenvalue weighted by atomic mass is 35.5. The molecule has 0 spiro atoms. The van der Waals surface area contributed by atoms with Crippen LogP contribution in [0.5, 0.6) is 0 Å². The molecule has 0 atom stereocenters. The summed E-state index contributed by atoms with van der Waals surface area (Å²) in [5.74, 6) is 6.94. The molecule has 0 aromatic carbocycles. The maximum Gasteiger partial charge on any atom is 0.239 e. The number of halogens is 1. The van der Waals surface area contributed by atoms with E-state index in [1.54, 1.807) is 6.20 Å². The van der Waals surface area contributed by atoms with Crippen molar-refractivity contribution in [3.63, 3.8) is 0 Å². The molecule has 0 saturated carbocycles. The van der Waals surface area contributed by atoms with Crippen LogP contribution in [-0.2, 0) is 0 Å². The first-order chi connectivity index (χ1) is 8.69. The maximum atomic E-state index is 6.03. The molecule has 1 aromatic rings. The Kier molecular flexibility index (Phi) is 4.57. The summed E-state index contributed by atoms with van der Waals surface area (Å²) in [6, 6.07) is 0. The van der Waals surface area contributed by atoms with Crippen LogP contribution >= 0.6 is 11.6 Å². The molecule has 1 fully saturated rings. The quantitative estimate of drug-likeness (QED) is 0.563. The van der Waals surface area contributed by atoms with Crippen LogP contribution in [-0.4, -0.2) is 41.5 Å². The summed E-state index contributed by atoms with van der Waals surface area (Å²) in [5.41, 5.74) is 2.41. The number of aromatic nitrogens is 2. The number of hydrazine groups is 1. The highest BCUT2D eigenvalue weighted by Crippen LogP contribution is 2.21. The van der Waals surface area contributed by atoms with E-state index in [0.29, 0.717) is 22.7 Å². The Morgan fingerprint density at radius 3 is 2.89 bits per heavy atom. The highest BCUT2D eigenvalue weighted by Gasteiger charge is 2.17. The van der Waals surface area contributed by atoms with Gasteiger partial charge in [-0.05, 0) is 38.9 Å². The number of rotatable bonds is 4. The Morgan fingerprint density at radius 1 is 1.50 bits per heavy atom. The van der Waals surface area contributed by atoms with Crippen molar-refractivity contribution >= 4 is 23.4 Å². The van der Waals surface area contributed by atoms with Crippen LogP contribution in [0.25, 0.3) is 0 Å². The van der Waals surface area contributed by atoms with Gasteiger partial charge in [0.15, 0.2) is 5.82 Å². The first-order valence-corrected chi connectivity index (χ1v) is 6.48. The van der Waals surface area contributed by atoms with Crippen molar-refractivity contribution in [3.8, 4) is 0 Å². The van der Waals surface area contributed by atoms with Crippen LogP contribution in [0.4, 0.5) is 11.8 Å². The van der Waals surface area contributed by atoms with Crippen molar-refractivity contribution in [1.82, 2.24) is 14.9 Å². The smallest absolute Gasteiger partial charge is 0.239 e. The first-order valence-electron chi connectivity index (χ1n) is 6.10. The number of nitrogens with one attached hydrogen (secondary N) is 2. The van der Waals surface area contributed by atoms with Crippen LogP contribution in [0.1, 0.15) is 12.8 Å². The monoisotopic (exact) mass is 270 g/mol. The van der Waals surface area contributed by atoms with Crippen LogP contribution in [0.2, 0.25) is 5.02 Å². The summed E-state index contributed by atoms with van der Waals surface area (Å²) in [7, 11) is 2.16. The van der Waals surface area contributed by atoms with Gasteiger partial charge in [-0.2, -0.15) is 4.98 Å². The topological polar surface area (TPSA) is 79.1 Å². The SMILES string of the molecule is CN1CCC(CNc2nc(NN)ncc2Cl)CC1. The lowest BCUT2D eigenvalue weighted by Crippen LogP contribution is -2.33. The average molecular weight is 271 g/mol. The fourth-order valence-corrected chi connectivity index (χ4v) is 2.23. The van der Waals surface area contributed by atoms with Crippen molar-refractivity contribution in [3.05, 3.63) is 11.2 Å². The van der Waals surface area contributed by atoms with Gasteiger partial charge in [0.25, 0.3) is 0 Å². The van der Waals surface area contributed by atoms with E-state index in [4.69, 9.17) is 17.4 Å². The molecule has 2 rings (SSSR count). The average Bonchev–Trinajstić information content (AvgIpc) is 2.40. The highest BCUT2D eigenvalue weighted by molar-refractivity contribution is 6.32. The predicted molar refractivity (Wildman–Crippen MR) is 73.6 cm³/mol. The fourth-order valence-electron chi connectivity index (χ4n) is 2.07. The van der Waals surface area contributed by atoms with Gasteiger partial charge in [0.05, 0.1) is 6.20 Å². The van der Waals surface area contributed by atoms with Crippen molar-refractivity contribution < 1.29 is 0 Å². The molecule has 1 aliphatic rings. The number of hydrogen-bond acceptors (Lipinski definition) is 6. The van der Waals surface area contributed by atoms with Gasteiger partial charge in [-0.3, -0.25) is 5.43 Å². The number of likely N-dealkylation sites (tertiary alicyclic amines) is 1. The number of nitrogen functional groups attached to an aromatic ring is 1. The zero-order valence-electron chi connectivity index (χ0n) is 10.5. The third-order valence-corrected chi connectivity index (χ3v) is 3.55. The second-order valence-corrected chi connectivity index (χ2v) is 5.07. The van der Waals surface area contributed by atoms with Gasteiger partial charge in [0.1, 0.15) is 5.02 Å². The molecule has 4 N–H and O–H groups in total. The molecular formula is C11H19ClN6. The van der Waals surface area contributed by atoms with Gasteiger partial charge in [-0.25, -0.2) is 10.8 Å². The fraction of sp³-hybridized carbons (Fsp3) is 0.636. The molecule has 6 nitrogen and oxygen atoms in total. The predicted octanol–water partition coefficient (Wildman–Crippen LogP) is 1.17. The Balaban J connectivity index is 1.89. The van der Waals surface area contributed by atoms with E-state index in [9.17, 15) is 0 Å². The lowest BCUT2D eigenvalue weighted by atomic mass is 9.97. The molecule has 2 heterocycles. The molecule has 0 bridgehead atoms. The van der Waals surface area contributed by atoms with E-state index in [-0.39, 0.29) is 0 Å². The Labute approximate surface area is 112 Å². The lowest BCUT2D eigenvalue weighted by molar-refractivity contribution is 0.226. The second-order valence-electron chi connectivity index (χ2n) is 4.66. The van der Waals surface area contributed by atoms with E-state index in [0.717, 1.165) is 19.6 Å². The molecule has 7 heteroatoms. The van der Waals surface area contributed by atoms with Gasteiger partial charge in [-0.15, -0.1) is 0 Å². The Morgan fingerprint density at radius 2 is 2.22 bits per heavy atom. The van der Waals surface area contributed by atoms with Crippen molar-refractivity contribution in [2.24, 2.45) is 11.8 Å². The van der Waals surface area contributed by atoms with E-state index in [1.807, 2.05) is 0 Å². The molecule has 1 saturated heterocycles. The van der Waals surface area contributed by atoms with Gasteiger partial charge in [0.2, 0.25) is 5.95 Å². The van der Waals surface area contributed by atoms with Crippen LogP contribution in [0, 0.1) is 5.92 Å². The second kappa shape index (κ2) is 6.17. The number of anilines is 2. The van der Waals surface area contributed by atoms with Crippen LogP contribution in [0.15, 0.2) is 6.20 Å². The van der Waals surface area contributed by atoms with Gasteiger partial charge < -0.3 is 10.2 Å². The third-order valence-electron chi connectivity index (χ3n) is 3.27. The van der Waals surface area contributed by atoms with Gasteiger partial charge in [-0.1, -0.05) is 11.6 Å². The number of hydrogen-bond donors (Lipinski definition) is 3. The maximum absolute atomic E-state index is 6.03. The summed E-state index contributed by atoms with van der Waals surface area (Å²) < 4.78 is 0. The van der Waals surface area contributed by atoms with Gasteiger partial charge >= 0.3 is 0 Å². The van der Waals surface area contributed by atoms with E-state index in [2.05, 4.69) is 32.7 Å². The van der Waals surface area contributed by atoms with Crippen LogP contribution in [0.3, 0.4) is 0 Å². The molecule has 0 amide bonds. The lowest BCUT2D eigenvalue weighted by Gasteiger charge is -2.29. The van der Waals surface area contributed by atoms with Gasteiger partial charge in [0, 0.05) is 6.54 Å². The summed E-state index contributed by atoms with van der Waals surface area (Å²) in [5, 5.41) is 3.79. The van der Waals surface area contributed by atoms with Crippen molar-refractivity contribution in [2.75, 3.05) is 37.4 Å². The van der Waals surface area contributed by atoms with E-state index in [1.165, 1.54) is 12.8 Å². The zero-order valence-corrected chi connectivity index (χ0v) is 11.2. The first kappa shape index (κ1) is 13.3. The standard InChI is InChI=1S/C11H19ClN6/c1-18-4-2-8(3-5-18)6-14-10-9(12)7-15-11(16-10)17-13/h7-8H,2-6,13H2,1H3,(H2,14,15,16,17). The summed E-state index contributed by atoms with van der Waals surface area (Å²) in [6.07, 6.45) is 3.95. The Hall–Kier alpha value is -1.11. The molecule has 1 aliphatic heterocycles. The van der Waals surface area contributed by atoms with Crippen LogP contribution < -0.4 is 16.6 Å². The Bertz CT molecular complexity index is 391. The minimum absolute atomic E-state index is 0.366. The number of nitrogens with zero attached hydrogens (tertiary/aromatic N) is 3. The minimum Gasteiger partial charge on any atom is -0.368 e. The number of piperidine rings is 1. The zero-order chi connectivity index (χ0) is 13.0. The largest absolute Gasteiger partial charge is 0.368 e. The number of nitrogens with two attached hydrogens (primary N) is 1. The molecule has 18 heavy (non-hydrogen) atoms. The molecule has 0 unspecified atom stereocenters. The van der Waals surface area contributed by atoms with Crippen molar-refractivity contribution in [1.29, 1.82) is 0 Å². The molecule has 0 radical (unpaired) electrons.